The fourth-order valence-electron chi connectivity index (χ4n) is 3.32. The topological polar surface area (TPSA) is 75.4 Å². The van der Waals surface area contributed by atoms with Crippen molar-refractivity contribution in [1.29, 1.82) is 0 Å². The fourth-order valence-corrected chi connectivity index (χ4v) is 3.32. The van der Waals surface area contributed by atoms with Gasteiger partial charge in [-0.1, -0.05) is 12.5 Å². The van der Waals surface area contributed by atoms with E-state index in [4.69, 9.17) is 5.73 Å². The van der Waals surface area contributed by atoms with Crippen molar-refractivity contribution in [3.8, 4) is 0 Å². The minimum absolute atomic E-state index is 0. The highest BCUT2D eigenvalue weighted by Crippen LogP contribution is 2.31. The molecule has 2 atom stereocenters. The Morgan fingerprint density at radius 3 is 2.58 bits per heavy atom. The van der Waals surface area contributed by atoms with Gasteiger partial charge in [-0.05, 0) is 57.4 Å². The van der Waals surface area contributed by atoms with Crippen molar-refractivity contribution in [3.05, 3.63) is 29.8 Å². The van der Waals surface area contributed by atoms with Crippen LogP contribution in [0.3, 0.4) is 0 Å². The lowest BCUT2D eigenvalue weighted by molar-refractivity contribution is -0.120. The Labute approximate surface area is 150 Å². The molecule has 1 aromatic carbocycles. The van der Waals surface area contributed by atoms with Crippen LogP contribution in [-0.2, 0) is 4.79 Å². The number of amides is 2. The molecule has 0 heterocycles. The maximum Gasteiger partial charge on any atom is 0.253 e. The molecule has 0 bridgehead atoms. The average Bonchev–Trinajstić information content (AvgIpc) is 3.05. The van der Waals surface area contributed by atoms with E-state index in [2.05, 4.69) is 5.32 Å². The highest BCUT2D eigenvalue weighted by Gasteiger charge is 2.31. The lowest BCUT2D eigenvalue weighted by atomic mass is 9.95. The van der Waals surface area contributed by atoms with Gasteiger partial charge in [0.15, 0.2) is 0 Å². The van der Waals surface area contributed by atoms with Crippen LogP contribution in [0.2, 0.25) is 0 Å². The Kier molecular flexibility index (Phi) is 8.22. The number of carbonyl (C=O) groups is 2. The molecule has 0 saturated heterocycles. The van der Waals surface area contributed by atoms with Gasteiger partial charge in [-0.2, -0.15) is 0 Å². The van der Waals surface area contributed by atoms with Crippen molar-refractivity contribution < 1.29 is 9.59 Å². The average molecular weight is 354 g/mol. The number of halogens is 1. The highest BCUT2D eigenvalue weighted by atomic mass is 35.5. The first-order valence-electron chi connectivity index (χ1n) is 8.50. The Balaban J connectivity index is 0.00000288. The predicted molar refractivity (Wildman–Crippen MR) is 99.5 cm³/mol. The van der Waals surface area contributed by atoms with Gasteiger partial charge in [0.2, 0.25) is 5.91 Å². The first-order valence-corrected chi connectivity index (χ1v) is 8.50. The second-order valence-electron chi connectivity index (χ2n) is 6.08. The van der Waals surface area contributed by atoms with Gasteiger partial charge in [0.05, 0.1) is 0 Å². The number of benzene rings is 1. The van der Waals surface area contributed by atoms with E-state index in [0.29, 0.717) is 30.9 Å². The second kappa shape index (κ2) is 9.64. The van der Waals surface area contributed by atoms with E-state index in [-0.39, 0.29) is 36.1 Å². The highest BCUT2D eigenvalue weighted by molar-refractivity contribution is 5.97. The zero-order chi connectivity index (χ0) is 16.8. The summed E-state index contributed by atoms with van der Waals surface area (Å²) in [4.78, 5) is 26.6. The summed E-state index contributed by atoms with van der Waals surface area (Å²) in [6.07, 6.45) is 2.97. The second-order valence-corrected chi connectivity index (χ2v) is 6.08. The molecule has 1 saturated carbocycles. The molecule has 0 unspecified atom stereocenters. The van der Waals surface area contributed by atoms with Gasteiger partial charge in [-0.25, -0.2) is 0 Å². The Hall–Kier alpha value is -1.59. The van der Waals surface area contributed by atoms with Crippen molar-refractivity contribution in [2.24, 2.45) is 17.6 Å². The van der Waals surface area contributed by atoms with Crippen LogP contribution in [0.25, 0.3) is 0 Å². The van der Waals surface area contributed by atoms with Crippen LogP contribution >= 0.6 is 12.4 Å². The third-order valence-electron chi connectivity index (χ3n) is 4.73. The first-order chi connectivity index (χ1) is 11.1. The maximum atomic E-state index is 12.4. The summed E-state index contributed by atoms with van der Waals surface area (Å²) in [7, 11) is 0. The van der Waals surface area contributed by atoms with E-state index in [1.807, 2.05) is 19.9 Å². The summed E-state index contributed by atoms with van der Waals surface area (Å²) in [5.41, 5.74) is 7.03. The van der Waals surface area contributed by atoms with Gasteiger partial charge in [0.25, 0.3) is 5.91 Å². The lowest BCUT2D eigenvalue weighted by Crippen LogP contribution is -2.31. The maximum absolute atomic E-state index is 12.4. The van der Waals surface area contributed by atoms with E-state index in [1.165, 1.54) is 0 Å². The molecular formula is C18H28ClN3O2. The number of rotatable bonds is 6. The van der Waals surface area contributed by atoms with E-state index in [0.717, 1.165) is 19.3 Å². The number of carbonyl (C=O) groups excluding carboxylic acids is 2. The number of hydrogen-bond acceptors (Lipinski definition) is 3. The SMILES string of the molecule is CCN(CC)C(=O)c1cccc(NC(=O)[C@@H]2CCC[C@@H]2CN)c1.Cl. The molecule has 5 nitrogen and oxygen atoms in total. The Bertz CT molecular complexity index is 561. The van der Waals surface area contributed by atoms with Crippen LogP contribution in [0.4, 0.5) is 5.69 Å². The minimum Gasteiger partial charge on any atom is -0.339 e. The molecule has 1 aliphatic carbocycles. The predicted octanol–water partition coefficient (Wildman–Crippen LogP) is 2.90. The number of hydrogen-bond donors (Lipinski definition) is 2. The van der Waals surface area contributed by atoms with Crippen LogP contribution in [0.5, 0.6) is 0 Å². The molecule has 0 radical (unpaired) electrons. The molecule has 1 fully saturated rings. The molecular weight excluding hydrogens is 326 g/mol. The summed E-state index contributed by atoms with van der Waals surface area (Å²) in [5, 5.41) is 2.95. The molecule has 3 N–H and O–H groups in total. The molecule has 134 valence electrons. The number of nitrogens with one attached hydrogen (secondary N) is 1. The van der Waals surface area contributed by atoms with Crippen molar-refractivity contribution in [2.45, 2.75) is 33.1 Å². The van der Waals surface area contributed by atoms with Crippen molar-refractivity contribution in [1.82, 2.24) is 4.90 Å². The third-order valence-corrected chi connectivity index (χ3v) is 4.73. The third kappa shape index (κ3) is 4.71. The molecule has 0 spiro atoms. The Morgan fingerprint density at radius 2 is 1.96 bits per heavy atom. The molecule has 1 aliphatic rings. The molecule has 2 amide bonds. The van der Waals surface area contributed by atoms with E-state index < -0.39 is 0 Å². The quantitative estimate of drug-likeness (QED) is 0.825. The molecule has 24 heavy (non-hydrogen) atoms. The molecule has 6 heteroatoms. The van der Waals surface area contributed by atoms with Crippen LogP contribution in [0.1, 0.15) is 43.5 Å². The zero-order valence-electron chi connectivity index (χ0n) is 14.5. The van der Waals surface area contributed by atoms with Gasteiger partial charge >= 0.3 is 0 Å². The van der Waals surface area contributed by atoms with Crippen molar-refractivity contribution in [2.75, 3.05) is 25.0 Å². The summed E-state index contributed by atoms with van der Waals surface area (Å²) >= 11 is 0. The monoisotopic (exact) mass is 353 g/mol. The van der Waals surface area contributed by atoms with Gasteiger partial charge in [-0.15, -0.1) is 12.4 Å². The number of nitrogens with two attached hydrogens (primary N) is 1. The van der Waals surface area contributed by atoms with Gasteiger partial charge in [0, 0.05) is 30.3 Å². The first kappa shape index (κ1) is 20.5. The van der Waals surface area contributed by atoms with Gasteiger partial charge in [0.1, 0.15) is 0 Å². The number of anilines is 1. The van der Waals surface area contributed by atoms with Crippen LogP contribution in [0, 0.1) is 11.8 Å². The zero-order valence-corrected chi connectivity index (χ0v) is 15.3. The van der Waals surface area contributed by atoms with Crippen molar-refractivity contribution in [3.63, 3.8) is 0 Å². The van der Waals surface area contributed by atoms with E-state index in [1.54, 1.807) is 23.1 Å². The molecule has 0 aliphatic heterocycles. The summed E-state index contributed by atoms with van der Waals surface area (Å²) < 4.78 is 0. The number of nitrogens with zero attached hydrogens (tertiary/aromatic N) is 1. The van der Waals surface area contributed by atoms with Gasteiger partial charge in [-0.3, -0.25) is 9.59 Å². The molecule has 2 rings (SSSR count). The van der Waals surface area contributed by atoms with E-state index >= 15 is 0 Å². The van der Waals surface area contributed by atoms with Crippen molar-refractivity contribution >= 4 is 29.9 Å². The summed E-state index contributed by atoms with van der Waals surface area (Å²) in [6.45, 7) is 5.82. The summed E-state index contributed by atoms with van der Waals surface area (Å²) in [5.74, 6) is 0.273. The molecule has 0 aromatic heterocycles. The van der Waals surface area contributed by atoms with Gasteiger partial charge < -0.3 is 16.0 Å². The largest absolute Gasteiger partial charge is 0.339 e. The summed E-state index contributed by atoms with van der Waals surface area (Å²) in [6, 6.07) is 7.17. The smallest absolute Gasteiger partial charge is 0.253 e. The van der Waals surface area contributed by atoms with Crippen LogP contribution in [-0.4, -0.2) is 36.3 Å². The fraction of sp³-hybridized carbons (Fsp3) is 0.556. The Morgan fingerprint density at radius 1 is 1.25 bits per heavy atom. The normalized spacial score (nSPS) is 19.5. The van der Waals surface area contributed by atoms with Crippen LogP contribution < -0.4 is 11.1 Å². The minimum atomic E-state index is -0.0119. The van der Waals surface area contributed by atoms with Crippen LogP contribution in [0.15, 0.2) is 24.3 Å². The standard InChI is InChI=1S/C18H27N3O2.ClH/c1-3-21(4-2)18(23)13-7-5-9-15(11-13)20-17(22)16-10-6-8-14(16)12-19;/h5,7,9,11,14,16H,3-4,6,8,10,12,19H2,1-2H3,(H,20,22);1H/t14-,16-;/m1./s1. The lowest BCUT2D eigenvalue weighted by Gasteiger charge is -2.20. The molecule has 1 aromatic rings. The van der Waals surface area contributed by atoms with E-state index in [9.17, 15) is 9.59 Å².